The van der Waals surface area contributed by atoms with Crippen LogP contribution in [0, 0.1) is 6.92 Å². The van der Waals surface area contributed by atoms with Gasteiger partial charge in [-0.3, -0.25) is 4.79 Å². The van der Waals surface area contributed by atoms with E-state index in [9.17, 15) is 4.79 Å². The Hall–Kier alpha value is -2.47. The van der Waals surface area contributed by atoms with Crippen molar-refractivity contribution in [3.05, 3.63) is 58.7 Å². The van der Waals surface area contributed by atoms with Gasteiger partial charge in [0.1, 0.15) is 0 Å². The molecule has 1 aromatic carbocycles. The second-order valence-electron chi connectivity index (χ2n) is 6.41. The molecule has 0 spiro atoms. The number of benzene rings is 1. The van der Waals surface area contributed by atoms with Gasteiger partial charge in [-0.05, 0) is 30.4 Å². The molecule has 0 radical (unpaired) electrons. The Labute approximate surface area is 150 Å². The minimum absolute atomic E-state index is 0.0162. The first-order valence-corrected chi connectivity index (χ1v) is 9.28. The number of carbonyl (C=O) groups is 1. The largest absolute Gasteiger partial charge is 0.342 e. The zero-order chi connectivity index (χ0) is 17.2. The number of hydrogen-bond donors (Lipinski definition) is 0. The lowest BCUT2D eigenvalue weighted by atomic mass is 10.1. The summed E-state index contributed by atoms with van der Waals surface area (Å²) >= 11 is 1.57. The van der Waals surface area contributed by atoms with Crippen LogP contribution in [0.25, 0.3) is 10.8 Å². The van der Waals surface area contributed by atoms with E-state index in [0.29, 0.717) is 24.7 Å². The molecule has 4 rings (SSSR count). The fourth-order valence-electron chi connectivity index (χ4n) is 3.19. The number of hydrogen-bond acceptors (Lipinski definition) is 5. The minimum Gasteiger partial charge on any atom is -0.342 e. The van der Waals surface area contributed by atoms with Gasteiger partial charge in [-0.1, -0.05) is 41.1 Å². The fourth-order valence-corrected chi connectivity index (χ4v) is 3.84. The lowest BCUT2D eigenvalue weighted by molar-refractivity contribution is -0.127. The SMILES string of the molecule is Cc1cccc(CCN2CC(c3noc(-c4cccs4)n3)CC2=O)c1. The number of aromatic nitrogens is 2. The summed E-state index contributed by atoms with van der Waals surface area (Å²) in [6, 6.07) is 12.3. The molecule has 1 amide bonds. The molecule has 128 valence electrons. The second-order valence-corrected chi connectivity index (χ2v) is 7.36. The summed E-state index contributed by atoms with van der Waals surface area (Å²) in [4.78, 5) is 19.7. The van der Waals surface area contributed by atoms with E-state index in [4.69, 9.17) is 4.52 Å². The zero-order valence-corrected chi connectivity index (χ0v) is 14.8. The standard InChI is InChI=1S/C19H19N3O2S/c1-13-4-2-5-14(10-13)7-8-22-12-15(11-17(22)23)18-20-19(24-21-18)16-6-3-9-25-16/h2-6,9-10,15H,7-8,11-12H2,1H3. The van der Waals surface area contributed by atoms with Crippen LogP contribution < -0.4 is 0 Å². The van der Waals surface area contributed by atoms with Crippen molar-refractivity contribution in [1.29, 1.82) is 0 Å². The summed E-state index contributed by atoms with van der Waals surface area (Å²) in [5, 5.41) is 6.07. The topological polar surface area (TPSA) is 59.2 Å². The van der Waals surface area contributed by atoms with Crippen LogP contribution in [0.3, 0.4) is 0 Å². The molecule has 3 aromatic rings. The zero-order valence-electron chi connectivity index (χ0n) is 14.0. The van der Waals surface area contributed by atoms with E-state index in [0.717, 1.165) is 17.8 Å². The predicted molar refractivity (Wildman–Crippen MR) is 96.4 cm³/mol. The molecule has 1 unspecified atom stereocenters. The molecule has 6 heteroatoms. The Bertz CT molecular complexity index is 872. The van der Waals surface area contributed by atoms with Gasteiger partial charge in [-0.25, -0.2) is 0 Å². The van der Waals surface area contributed by atoms with Crippen molar-refractivity contribution in [2.75, 3.05) is 13.1 Å². The van der Waals surface area contributed by atoms with E-state index < -0.39 is 0 Å². The van der Waals surface area contributed by atoms with Gasteiger partial charge < -0.3 is 9.42 Å². The Morgan fingerprint density at radius 3 is 3.04 bits per heavy atom. The van der Waals surface area contributed by atoms with Crippen LogP contribution in [0.1, 0.15) is 29.3 Å². The van der Waals surface area contributed by atoms with E-state index in [-0.39, 0.29) is 11.8 Å². The summed E-state index contributed by atoms with van der Waals surface area (Å²) in [7, 11) is 0. The first-order valence-electron chi connectivity index (χ1n) is 8.40. The Balaban J connectivity index is 1.40. The summed E-state index contributed by atoms with van der Waals surface area (Å²) in [6.07, 6.45) is 1.32. The molecule has 25 heavy (non-hydrogen) atoms. The quantitative estimate of drug-likeness (QED) is 0.702. The molecule has 1 fully saturated rings. The molecular weight excluding hydrogens is 334 g/mol. The van der Waals surface area contributed by atoms with Crippen molar-refractivity contribution in [3.63, 3.8) is 0 Å². The normalized spacial score (nSPS) is 17.4. The third-order valence-electron chi connectivity index (χ3n) is 4.51. The molecule has 1 aliphatic rings. The number of amides is 1. The fraction of sp³-hybridized carbons (Fsp3) is 0.316. The van der Waals surface area contributed by atoms with Crippen LogP contribution in [0.4, 0.5) is 0 Å². The van der Waals surface area contributed by atoms with E-state index >= 15 is 0 Å². The van der Waals surface area contributed by atoms with Gasteiger partial charge >= 0.3 is 0 Å². The molecule has 2 aromatic heterocycles. The van der Waals surface area contributed by atoms with Gasteiger partial charge in [0.2, 0.25) is 5.91 Å². The number of nitrogens with zero attached hydrogens (tertiary/aromatic N) is 3. The first kappa shape index (κ1) is 16.0. The van der Waals surface area contributed by atoms with Crippen molar-refractivity contribution in [2.45, 2.75) is 25.7 Å². The highest BCUT2D eigenvalue weighted by atomic mass is 32.1. The van der Waals surface area contributed by atoms with Crippen LogP contribution in [-0.2, 0) is 11.2 Å². The number of carbonyl (C=O) groups excluding carboxylic acids is 1. The van der Waals surface area contributed by atoms with E-state index in [1.165, 1.54) is 11.1 Å². The lowest BCUT2D eigenvalue weighted by Crippen LogP contribution is -2.27. The molecule has 1 aliphatic heterocycles. The van der Waals surface area contributed by atoms with Gasteiger partial charge in [0.15, 0.2) is 5.82 Å². The maximum absolute atomic E-state index is 12.3. The van der Waals surface area contributed by atoms with Gasteiger partial charge in [-0.15, -0.1) is 11.3 Å². The minimum atomic E-state index is 0.0162. The van der Waals surface area contributed by atoms with Crippen LogP contribution in [0.5, 0.6) is 0 Å². The molecule has 3 heterocycles. The van der Waals surface area contributed by atoms with Gasteiger partial charge in [0, 0.05) is 25.4 Å². The Kier molecular flexibility index (Phi) is 4.36. The van der Waals surface area contributed by atoms with Gasteiger partial charge in [-0.2, -0.15) is 4.98 Å². The predicted octanol–water partition coefficient (Wildman–Crippen LogP) is 3.67. The average Bonchev–Trinajstić information content (AvgIpc) is 3.33. The summed E-state index contributed by atoms with van der Waals surface area (Å²) in [5.41, 5.74) is 2.51. The number of aryl methyl sites for hydroxylation is 1. The third kappa shape index (κ3) is 3.49. The maximum Gasteiger partial charge on any atom is 0.267 e. The van der Waals surface area contributed by atoms with Gasteiger partial charge in [0.05, 0.1) is 4.88 Å². The smallest absolute Gasteiger partial charge is 0.267 e. The van der Waals surface area contributed by atoms with Crippen LogP contribution >= 0.6 is 11.3 Å². The van der Waals surface area contributed by atoms with E-state index in [1.807, 2.05) is 22.4 Å². The maximum atomic E-state index is 12.3. The lowest BCUT2D eigenvalue weighted by Gasteiger charge is -2.16. The molecule has 0 aliphatic carbocycles. The molecule has 0 N–H and O–H groups in total. The number of rotatable bonds is 5. The Morgan fingerprint density at radius 2 is 2.24 bits per heavy atom. The highest BCUT2D eigenvalue weighted by molar-refractivity contribution is 7.13. The van der Waals surface area contributed by atoms with Crippen molar-refractivity contribution in [1.82, 2.24) is 15.0 Å². The van der Waals surface area contributed by atoms with Crippen LogP contribution in [0.2, 0.25) is 0 Å². The summed E-state index contributed by atoms with van der Waals surface area (Å²) in [6.45, 7) is 3.48. The van der Waals surface area contributed by atoms with Crippen molar-refractivity contribution < 1.29 is 9.32 Å². The van der Waals surface area contributed by atoms with E-state index in [1.54, 1.807) is 11.3 Å². The van der Waals surface area contributed by atoms with E-state index in [2.05, 4.69) is 41.3 Å². The number of likely N-dealkylation sites (tertiary alicyclic amines) is 1. The summed E-state index contributed by atoms with van der Waals surface area (Å²) in [5.74, 6) is 1.35. The highest BCUT2D eigenvalue weighted by Crippen LogP contribution is 2.29. The summed E-state index contributed by atoms with van der Waals surface area (Å²) < 4.78 is 5.35. The molecule has 0 bridgehead atoms. The average molecular weight is 353 g/mol. The first-order chi connectivity index (χ1) is 12.2. The highest BCUT2D eigenvalue weighted by Gasteiger charge is 2.33. The van der Waals surface area contributed by atoms with Crippen LogP contribution in [-0.4, -0.2) is 34.0 Å². The Morgan fingerprint density at radius 1 is 1.32 bits per heavy atom. The number of thiophene rings is 1. The second kappa shape index (κ2) is 6.80. The van der Waals surface area contributed by atoms with Crippen molar-refractivity contribution in [2.24, 2.45) is 0 Å². The molecular formula is C19H19N3O2S. The van der Waals surface area contributed by atoms with Crippen molar-refractivity contribution in [3.8, 4) is 10.8 Å². The molecule has 1 saturated heterocycles. The molecule has 1 atom stereocenters. The van der Waals surface area contributed by atoms with Crippen molar-refractivity contribution >= 4 is 17.2 Å². The third-order valence-corrected chi connectivity index (χ3v) is 5.36. The monoisotopic (exact) mass is 353 g/mol. The van der Waals surface area contributed by atoms with Crippen LogP contribution in [0.15, 0.2) is 46.3 Å². The van der Waals surface area contributed by atoms with Gasteiger partial charge in [0.25, 0.3) is 5.89 Å². The molecule has 0 saturated carbocycles. The molecule has 5 nitrogen and oxygen atoms in total.